The molecule has 0 saturated carbocycles. The van der Waals surface area contributed by atoms with Crippen molar-refractivity contribution in [2.75, 3.05) is 26.2 Å². The first-order chi connectivity index (χ1) is 7.69. The quantitative estimate of drug-likeness (QED) is 0.265. The number of nitrogens with one attached hydrogen (secondary N) is 1. The molecular formula is C9H18N4O3. The summed E-state index contributed by atoms with van der Waals surface area (Å²) in [5.74, 6) is -0.00649. The predicted molar refractivity (Wildman–Crippen MR) is 58.4 cm³/mol. The minimum absolute atomic E-state index is 0.00649. The van der Waals surface area contributed by atoms with Gasteiger partial charge in [-0.25, -0.2) is 4.79 Å². The number of amides is 2. The van der Waals surface area contributed by atoms with E-state index < -0.39 is 6.10 Å². The number of nitrogens with zero attached hydrogens (tertiary/aromatic N) is 2. The van der Waals surface area contributed by atoms with Gasteiger partial charge in [0.1, 0.15) is 6.10 Å². The number of oxime groups is 1. The lowest BCUT2D eigenvalue weighted by atomic mass is 10.2. The summed E-state index contributed by atoms with van der Waals surface area (Å²) in [5, 5.41) is 14.2. The molecule has 16 heavy (non-hydrogen) atoms. The van der Waals surface area contributed by atoms with E-state index in [1.165, 1.54) is 0 Å². The zero-order chi connectivity index (χ0) is 12.0. The van der Waals surface area contributed by atoms with Gasteiger partial charge >= 0.3 is 6.03 Å². The van der Waals surface area contributed by atoms with E-state index in [1.54, 1.807) is 4.90 Å². The molecule has 7 nitrogen and oxygen atoms in total. The molecule has 1 aliphatic heterocycles. The SMILES string of the molecule is CCCNC(=O)N1CCOC(C(N)=NO)C1. The molecule has 0 bridgehead atoms. The van der Waals surface area contributed by atoms with Crippen LogP contribution >= 0.6 is 0 Å². The average molecular weight is 230 g/mol. The number of nitrogens with two attached hydrogens (primary N) is 1. The zero-order valence-corrected chi connectivity index (χ0v) is 9.35. The van der Waals surface area contributed by atoms with Crippen molar-refractivity contribution >= 4 is 11.9 Å². The first-order valence-corrected chi connectivity index (χ1v) is 5.30. The fourth-order valence-electron chi connectivity index (χ4n) is 1.42. The molecule has 1 unspecified atom stereocenters. The van der Waals surface area contributed by atoms with Crippen LogP contribution in [0.3, 0.4) is 0 Å². The maximum atomic E-state index is 11.6. The molecule has 0 aliphatic carbocycles. The highest BCUT2D eigenvalue weighted by atomic mass is 16.5. The smallest absolute Gasteiger partial charge is 0.317 e. The van der Waals surface area contributed by atoms with Crippen molar-refractivity contribution in [2.45, 2.75) is 19.4 Å². The second-order valence-corrected chi connectivity index (χ2v) is 3.56. The van der Waals surface area contributed by atoms with Crippen LogP contribution in [-0.2, 0) is 4.74 Å². The maximum Gasteiger partial charge on any atom is 0.317 e. The van der Waals surface area contributed by atoms with Gasteiger partial charge in [-0.15, -0.1) is 0 Å². The van der Waals surface area contributed by atoms with Crippen LogP contribution < -0.4 is 11.1 Å². The van der Waals surface area contributed by atoms with Gasteiger partial charge in [0.15, 0.2) is 5.84 Å². The Morgan fingerprint density at radius 3 is 3.12 bits per heavy atom. The highest BCUT2D eigenvalue weighted by molar-refractivity contribution is 5.85. The summed E-state index contributed by atoms with van der Waals surface area (Å²) < 4.78 is 5.28. The van der Waals surface area contributed by atoms with Gasteiger partial charge in [0, 0.05) is 13.1 Å². The molecule has 4 N–H and O–H groups in total. The second-order valence-electron chi connectivity index (χ2n) is 3.56. The van der Waals surface area contributed by atoms with Gasteiger partial charge in [-0.2, -0.15) is 0 Å². The molecule has 92 valence electrons. The van der Waals surface area contributed by atoms with Crippen molar-refractivity contribution in [3.05, 3.63) is 0 Å². The molecule has 2 amide bonds. The summed E-state index contributed by atoms with van der Waals surface area (Å²) in [6, 6.07) is -0.138. The fraction of sp³-hybridized carbons (Fsp3) is 0.778. The summed E-state index contributed by atoms with van der Waals surface area (Å²) >= 11 is 0. The molecule has 1 atom stereocenters. The summed E-state index contributed by atoms with van der Waals surface area (Å²) in [6.07, 6.45) is 0.367. The van der Waals surface area contributed by atoms with E-state index in [1.807, 2.05) is 6.92 Å². The lowest BCUT2D eigenvalue weighted by Crippen LogP contribution is -2.53. The average Bonchev–Trinajstić information content (AvgIpc) is 2.35. The number of carbonyl (C=O) groups is 1. The number of morpholine rings is 1. The summed E-state index contributed by atoms with van der Waals surface area (Å²) in [5.41, 5.74) is 5.43. The van der Waals surface area contributed by atoms with E-state index in [2.05, 4.69) is 10.5 Å². The van der Waals surface area contributed by atoms with E-state index in [0.717, 1.165) is 6.42 Å². The zero-order valence-electron chi connectivity index (χ0n) is 9.35. The van der Waals surface area contributed by atoms with E-state index >= 15 is 0 Å². The molecule has 1 fully saturated rings. The normalized spacial score (nSPS) is 21.9. The second kappa shape index (κ2) is 6.16. The lowest BCUT2D eigenvalue weighted by molar-refractivity contribution is 0.0198. The van der Waals surface area contributed by atoms with E-state index in [-0.39, 0.29) is 11.9 Å². The Morgan fingerprint density at radius 1 is 1.75 bits per heavy atom. The van der Waals surface area contributed by atoms with Crippen LogP contribution in [0.25, 0.3) is 0 Å². The largest absolute Gasteiger partial charge is 0.409 e. The van der Waals surface area contributed by atoms with Gasteiger partial charge < -0.3 is 25.9 Å². The van der Waals surface area contributed by atoms with Crippen molar-refractivity contribution in [1.82, 2.24) is 10.2 Å². The highest BCUT2D eigenvalue weighted by Gasteiger charge is 2.26. The number of hydrogen-bond acceptors (Lipinski definition) is 4. The summed E-state index contributed by atoms with van der Waals surface area (Å²) in [6.45, 7) is 3.85. The Labute approximate surface area is 94.2 Å². The molecule has 1 saturated heterocycles. The molecule has 0 aromatic rings. The molecule has 7 heteroatoms. The minimum Gasteiger partial charge on any atom is -0.409 e. The van der Waals surface area contributed by atoms with Crippen LogP contribution in [0.2, 0.25) is 0 Å². The third-order valence-corrected chi connectivity index (χ3v) is 2.33. The summed E-state index contributed by atoms with van der Waals surface area (Å²) in [7, 11) is 0. The molecule has 1 heterocycles. The van der Waals surface area contributed by atoms with Crippen molar-refractivity contribution in [3.8, 4) is 0 Å². The van der Waals surface area contributed by atoms with Gasteiger partial charge in [-0.05, 0) is 6.42 Å². The van der Waals surface area contributed by atoms with Gasteiger partial charge in [-0.3, -0.25) is 0 Å². The van der Waals surface area contributed by atoms with Crippen molar-refractivity contribution in [2.24, 2.45) is 10.9 Å². The first-order valence-electron chi connectivity index (χ1n) is 5.30. The molecule has 0 aromatic heterocycles. The molecule has 0 radical (unpaired) electrons. The van der Waals surface area contributed by atoms with Crippen LogP contribution in [0.1, 0.15) is 13.3 Å². The van der Waals surface area contributed by atoms with Crippen LogP contribution in [0.15, 0.2) is 5.16 Å². The van der Waals surface area contributed by atoms with E-state index in [4.69, 9.17) is 15.7 Å². The number of carbonyl (C=O) groups excluding carboxylic acids is 1. The van der Waals surface area contributed by atoms with Crippen molar-refractivity contribution in [3.63, 3.8) is 0 Å². The molecule has 1 rings (SSSR count). The van der Waals surface area contributed by atoms with Gasteiger partial charge in [0.2, 0.25) is 0 Å². The van der Waals surface area contributed by atoms with E-state index in [9.17, 15) is 4.79 Å². The Bertz CT molecular complexity index is 269. The fourth-order valence-corrected chi connectivity index (χ4v) is 1.42. The maximum absolute atomic E-state index is 11.6. The Morgan fingerprint density at radius 2 is 2.50 bits per heavy atom. The number of urea groups is 1. The third kappa shape index (κ3) is 3.27. The van der Waals surface area contributed by atoms with Crippen LogP contribution in [-0.4, -0.2) is 54.3 Å². The van der Waals surface area contributed by atoms with Gasteiger partial charge in [0.05, 0.1) is 13.2 Å². The lowest BCUT2D eigenvalue weighted by Gasteiger charge is -2.32. The highest BCUT2D eigenvalue weighted by Crippen LogP contribution is 2.05. The topological polar surface area (TPSA) is 100 Å². The van der Waals surface area contributed by atoms with Crippen molar-refractivity contribution < 1.29 is 14.7 Å². The molecule has 0 aromatic carbocycles. The Hall–Kier alpha value is -1.50. The monoisotopic (exact) mass is 230 g/mol. The minimum atomic E-state index is -0.522. The Kier molecular flexibility index (Phi) is 4.84. The Balaban J connectivity index is 2.47. The predicted octanol–water partition coefficient (Wildman–Crippen LogP) is -0.447. The first kappa shape index (κ1) is 12.6. The summed E-state index contributed by atoms with van der Waals surface area (Å²) in [4.78, 5) is 13.2. The third-order valence-electron chi connectivity index (χ3n) is 2.33. The van der Waals surface area contributed by atoms with Crippen LogP contribution in [0, 0.1) is 0 Å². The molecular weight excluding hydrogens is 212 g/mol. The number of rotatable bonds is 3. The molecule has 0 spiro atoms. The van der Waals surface area contributed by atoms with E-state index in [0.29, 0.717) is 26.2 Å². The van der Waals surface area contributed by atoms with Gasteiger partial charge in [-0.1, -0.05) is 12.1 Å². The van der Waals surface area contributed by atoms with Crippen LogP contribution in [0.4, 0.5) is 4.79 Å². The number of ether oxygens (including phenoxy) is 1. The van der Waals surface area contributed by atoms with Crippen molar-refractivity contribution in [1.29, 1.82) is 0 Å². The van der Waals surface area contributed by atoms with Crippen LogP contribution in [0.5, 0.6) is 0 Å². The number of hydrogen-bond donors (Lipinski definition) is 3. The molecule has 1 aliphatic rings. The standard InChI is InChI=1S/C9H18N4O3/c1-2-3-11-9(14)13-4-5-16-7(6-13)8(10)12-15/h7,15H,2-6H2,1H3,(H2,10,12)(H,11,14). The number of amidine groups is 1. The van der Waals surface area contributed by atoms with Gasteiger partial charge in [0.25, 0.3) is 0 Å².